The van der Waals surface area contributed by atoms with Crippen molar-refractivity contribution in [1.82, 2.24) is 15.8 Å². The van der Waals surface area contributed by atoms with E-state index in [1.165, 1.54) is 5.56 Å². The summed E-state index contributed by atoms with van der Waals surface area (Å²) in [6.07, 6.45) is 9.71. The van der Waals surface area contributed by atoms with Crippen LogP contribution in [0.15, 0.2) is 29.5 Å². The van der Waals surface area contributed by atoms with Crippen LogP contribution in [-0.2, 0) is 0 Å². The van der Waals surface area contributed by atoms with Gasteiger partial charge >= 0.3 is 0 Å². The Morgan fingerprint density at radius 2 is 2.33 bits per heavy atom. The quantitative estimate of drug-likeness (QED) is 0.379. The second-order valence-electron chi connectivity index (χ2n) is 3.20. The zero-order valence-electron chi connectivity index (χ0n) is 9.25. The van der Waals surface area contributed by atoms with Gasteiger partial charge in [-0.3, -0.25) is 0 Å². The van der Waals surface area contributed by atoms with Gasteiger partial charge in [0.25, 0.3) is 0 Å². The predicted molar refractivity (Wildman–Crippen MR) is 64.3 cm³/mol. The van der Waals surface area contributed by atoms with Gasteiger partial charge in [0.15, 0.2) is 0 Å². The van der Waals surface area contributed by atoms with Crippen LogP contribution in [0.25, 0.3) is 0 Å². The Kier molecular flexibility index (Phi) is 5.25. The van der Waals surface area contributed by atoms with Crippen molar-refractivity contribution in [3.63, 3.8) is 0 Å². The average molecular weight is 206 g/mol. The van der Waals surface area contributed by atoms with Crippen LogP contribution in [0.4, 0.5) is 5.82 Å². The molecule has 0 radical (unpaired) electrons. The van der Waals surface area contributed by atoms with Crippen molar-refractivity contribution in [2.75, 3.05) is 7.05 Å². The summed E-state index contributed by atoms with van der Waals surface area (Å²) in [5.41, 5.74) is 6.87. The third-order valence-corrected chi connectivity index (χ3v) is 1.96. The van der Waals surface area contributed by atoms with Crippen molar-refractivity contribution >= 4 is 12.0 Å². The number of hydrazine groups is 1. The average Bonchev–Trinajstić information content (AvgIpc) is 2.63. The first-order valence-corrected chi connectivity index (χ1v) is 5.08. The first-order valence-electron chi connectivity index (χ1n) is 5.08. The molecule has 1 rings (SSSR count). The number of aromatic nitrogens is 1. The normalized spacial score (nSPS) is 11.6. The summed E-state index contributed by atoms with van der Waals surface area (Å²) in [6, 6.07) is 2.02. The number of nitrogens with one attached hydrogen (secondary N) is 3. The molecular formula is C11H18N4. The van der Waals surface area contributed by atoms with Crippen LogP contribution >= 0.6 is 0 Å². The number of hydrogen-bond acceptors (Lipinski definition) is 3. The number of unbranched alkanes of at least 4 members (excludes halogenated alkanes) is 1. The minimum atomic E-state index is 0.945. The first-order chi connectivity index (χ1) is 7.34. The number of allylic oxidation sites excluding steroid dienone is 1. The summed E-state index contributed by atoms with van der Waals surface area (Å²) < 4.78 is 0. The molecule has 3 N–H and O–H groups in total. The van der Waals surface area contributed by atoms with E-state index in [0.717, 1.165) is 18.7 Å². The minimum Gasteiger partial charge on any atom is -0.346 e. The number of hydrogen-bond donors (Lipinski definition) is 3. The Morgan fingerprint density at radius 3 is 3.00 bits per heavy atom. The highest BCUT2D eigenvalue weighted by atomic mass is 15.3. The summed E-state index contributed by atoms with van der Waals surface area (Å²) >= 11 is 0. The second-order valence-corrected chi connectivity index (χ2v) is 3.20. The van der Waals surface area contributed by atoms with Gasteiger partial charge in [-0.15, -0.1) is 0 Å². The van der Waals surface area contributed by atoms with Gasteiger partial charge < -0.3 is 10.4 Å². The lowest BCUT2D eigenvalue weighted by Gasteiger charge is -1.93. The maximum atomic E-state index is 4.33. The van der Waals surface area contributed by atoms with Gasteiger partial charge in [-0.1, -0.05) is 6.08 Å². The molecule has 0 spiro atoms. The lowest BCUT2D eigenvalue weighted by molar-refractivity contribution is 0.727. The summed E-state index contributed by atoms with van der Waals surface area (Å²) in [5, 5.41) is 0. The second kappa shape index (κ2) is 6.84. The van der Waals surface area contributed by atoms with Gasteiger partial charge in [-0.05, 0) is 31.4 Å². The minimum absolute atomic E-state index is 0.945. The van der Waals surface area contributed by atoms with Crippen LogP contribution < -0.4 is 10.9 Å². The van der Waals surface area contributed by atoms with Crippen LogP contribution in [0, 0.1) is 6.92 Å². The van der Waals surface area contributed by atoms with E-state index in [4.69, 9.17) is 0 Å². The Morgan fingerprint density at radius 1 is 1.47 bits per heavy atom. The lowest BCUT2D eigenvalue weighted by atomic mass is 10.3. The maximum absolute atomic E-state index is 4.33. The summed E-state index contributed by atoms with van der Waals surface area (Å²) in [5.74, 6) is 0.951. The molecule has 1 heterocycles. The molecular weight excluding hydrogens is 188 g/mol. The number of aryl methyl sites for hydroxylation is 1. The Balaban J connectivity index is 2.20. The van der Waals surface area contributed by atoms with E-state index in [1.807, 2.05) is 38.6 Å². The van der Waals surface area contributed by atoms with Crippen LogP contribution in [0.2, 0.25) is 0 Å². The van der Waals surface area contributed by atoms with E-state index in [0.29, 0.717) is 0 Å². The van der Waals surface area contributed by atoms with Crippen molar-refractivity contribution in [1.29, 1.82) is 0 Å². The topological polar surface area (TPSA) is 52.2 Å². The van der Waals surface area contributed by atoms with Gasteiger partial charge in [-0.25, -0.2) is 10.4 Å². The maximum Gasteiger partial charge on any atom is 0.132 e. The number of aliphatic imine (C=N–C) groups is 1. The van der Waals surface area contributed by atoms with E-state index >= 15 is 0 Å². The molecule has 0 saturated carbocycles. The Bertz CT molecular complexity index is 325. The number of aromatic amines is 1. The first kappa shape index (κ1) is 11.5. The summed E-state index contributed by atoms with van der Waals surface area (Å²) in [7, 11) is 1.83. The standard InChI is InChI=1S/C11H18N4/c1-10-6-9-14-11(10)13-7-4-3-5-8-15-12-2/h5-9,12,14-15H,3-4H2,1-2H3/b8-5-,13-7?. The van der Waals surface area contributed by atoms with E-state index in [9.17, 15) is 0 Å². The molecule has 0 unspecified atom stereocenters. The molecule has 15 heavy (non-hydrogen) atoms. The molecule has 0 aliphatic carbocycles. The Labute approximate surface area is 90.5 Å². The lowest BCUT2D eigenvalue weighted by Crippen LogP contribution is -2.20. The van der Waals surface area contributed by atoms with Crippen LogP contribution in [-0.4, -0.2) is 18.2 Å². The number of H-pyrrole nitrogens is 1. The largest absolute Gasteiger partial charge is 0.346 e. The molecule has 0 aliphatic rings. The molecule has 0 saturated heterocycles. The predicted octanol–water partition coefficient (Wildman–Crippen LogP) is 2.04. The van der Waals surface area contributed by atoms with Gasteiger partial charge in [0.05, 0.1) is 0 Å². The van der Waals surface area contributed by atoms with Gasteiger partial charge in [-0.2, -0.15) is 0 Å². The molecule has 0 atom stereocenters. The SMILES string of the molecule is CNN/C=C\CCC=Nc1[nH]ccc1C. The van der Waals surface area contributed by atoms with Crippen molar-refractivity contribution < 1.29 is 0 Å². The van der Waals surface area contributed by atoms with Crippen LogP contribution in [0.1, 0.15) is 18.4 Å². The fraction of sp³-hybridized carbons (Fsp3) is 0.364. The van der Waals surface area contributed by atoms with Gasteiger partial charge in [0.2, 0.25) is 0 Å². The summed E-state index contributed by atoms with van der Waals surface area (Å²) in [4.78, 5) is 7.41. The van der Waals surface area contributed by atoms with E-state index in [1.54, 1.807) is 0 Å². The number of nitrogens with zero attached hydrogens (tertiary/aromatic N) is 1. The molecule has 0 fully saturated rings. The molecule has 1 aromatic rings. The fourth-order valence-electron chi connectivity index (χ4n) is 1.13. The third-order valence-electron chi connectivity index (χ3n) is 1.96. The van der Waals surface area contributed by atoms with Gasteiger partial charge in [0, 0.05) is 25.7 Å². The van der Waals surface area contributed by atoms with Crippen LogP contribution in [0.3, 0.4) is 0 Å². The molecule has 0 aromatic carbocycles. The molecule has 4 heteroatoms. The van der Waals surface area contributed by atoms with Crippen molar-refractivity contribution in [3.8, 4) is 0 Å². The molecule has 0 amide bonds. The summed E-state index contributed by atoms with van der Waals surface area (Å²) in [6.45, 7) is 2.04. The highest BCUT2D eigenvalue weighted by molar-refractivity contribution is 5.63. The molecule has 0 aliphatic heterocycles. The van der Waals surface area contributed by atoms with Crippen molar-refractivity contribution in [3.05, 3.63) is 30.1 Å². The van der Waals surface area contributed by atoms with E-state index in [-0.39, 0.29) is 0 Å². The third kappa shape index (κ3) is 4.46. The van der Waals surface area contributed by atoms with E-state index < -0.39 is 0 Å². The van der Waals surface area contributed by atoms with Gasteiger partial charge in [0.1, 0.15) is 5.82 Å². The van der Waals surface area contributed by atoms with Crippen LogP contribution in [0.5, 0.6) is 0 Å². The monoisotopic (exact) mass is 206 g/mol. The highest BCUT2D eigenvalue weighted by Gasteiger charge is 1.92. The molecule has 4 nitrogen and oxygen atoms in total. The molecule has 1 aromatic heterocycles. The van der Waals surface area contributed by atoms with E-state index in [2.05, 4.69) is 26.9 Å². The fourth-order valence-corrected chi connectivity index (χ4v) is 1.13. The van der Waals surface area contributed by atoms with Crippen molar-refractivity contribution in [2.24, 2.45) is 4.99 Å². The smallest absolute Gasteiger partial charge is 0.132 e. The van der Waals surface area contributed by atoms with Crippen molar-refractivity contribution in [2.45, 2.75) is 19.8 Å². The zero-order valence-corrected chi connectivity index (χ0v) is 9.25. The number of rotatable bonds is 6. The molecule has 82 valence electrons. The molecule has 0 bridgehead atoms. The highest BCUT2D eigenvalue weighted by Crippen LogP contribution is 2.13. The zero-order chi connectivity index (χ0) is 10.9. The Hall–Kier alpha value is -1.55.